The fraction of sp³-hybridized carbons (Fsp3) is 0.524. The SMILES string of the molecule is Cc1nc(CN2CCC(C(=O)NCC(c3ccccc3Cl)N(C)C)CC2)cs1. The van der Waals surface area contributed by atoms with Crippen molar-refractivity contribution in [2.75, 3.05) is 33.7 Å². The van der Waals surface area contributed by atoms with E-state index in [4.69, 9.17) is 11.6 Å². The lowest BCUT2D eigenvalue weighted by atomic mass is 9.95. The summed E-state index contributed by atoms with van der Waals surface area (Å²) in [5, 5.41) is 7.13. The maximum absolute atomic E-state index is 12.7. The third kappa shape index (κ3) is 5.54. The van der Waals surface area contributed by atoms with Crippen LogP contribution in [0.3, 0.4) is 0 Å². The summed E-state index contributed by atoms with van der Waals surface area (Å²) in [6.45, 7) is 5.36. The van der Waals surface area contributed by atoms with Gasteiger partial charge < -0.3 is 10.2 Å². The lowest BCUT2D eigenvalue weighted by molar-refractivity contribution is -0.126. The van der Waals surface area contributed by atoms with Gasteiger partial charge >= 0.3 is 0 Å². The van der Waals surface area contributed by atoms with E-state index in [9.17, 15) is 4.79 Å². The number of nitrogens with zero attached hydrogens (tertiary/aromatic N) is 3. The van der Waals surface area contributed by atoms with Crippen molar-refractivity contribution < 1.29 is 4.79 Å². The van der Waals surface area contributed by atoms with Crippen molar-refractivity contribution in [3.05, 3.63) is 50.9 Å². The molecule has 0 spiro atoms. The van der Waals surface area contributed by atoms with Crippen LogP contribution >= 0.6 is 22.9 Å². The summed E-state index contributed by atoms with van der Waals surface area (Å²) in [6, 6.07) is 7.90. The van der Waals surface area contributed by atoms with Gasteiger partial charge in [-0.05, 0) is 58.6 Å². The molecule has 28 heavy (non-hydrogen) atoms. The zero-order valence-corrected chi connectivity index (χ0v) is 18.4. The van der Waals surface area contributed by atoms with Crippen LogP contribution in [0.25, 0.3) is 0 Å². The molecular formula is C21H29ClN4OS. The second kappa shape index (κ2) is 9.83. The number of hydrogen-bond donors (Lipinski definition) is 1. The first-order valence-corrected chi connectivity index (χ1v) is 11.0. The Morgan fingerprint density at radius 2 is 2.07 bits per heavy atom. The number of carbonyl (C=O) groups is 1. The number of nitrogens with one attached hydrogen (secondary N) is 1. The number of benzene rings is 1. The van der Waals surface area contributed by atoms with E-state index in [2.05, 4.69) is 25.5 Å². The quantitative estimate of drug-likeness (QED) is 0.741. The molecule has 1 aliphatic rings. The number of thiazole rings is 1. The number of rotatable bonds is 7. The van der Waals surface area contributed by atoms with Crippen LogP contribution in [0.4, 0.5) is 0 Å². The highest BCUT2D eigenvalue weighted by atomic mass is 35.5. The van der Waals surface area contributed by atoms with E-state index < -0.39 is 0 Å². The summed E-state index contributed by atoms with van der Waals surface area (Å²) >= 11 is 8.06. The highest BCUT2D eigenvalue weighted by molar-refractivity contribution is 7.09. The standard InChI is InChI=1S/C21H29ClN4OS/c1-15-24-17(14-28-15)13-26-10-8-16(9-11-26)21(27)23-12-20(25(2)3)18-6-4-5-7-19(18)22/h4-7,14,16,20H,8-13H2,1-3H3,(H,23,27). The van der Waals surface area contributed by atoms with Gasteiger partial charge in [0.2, 0.25) is 5.91 Å². The molecule has 1 amide bonds. The summed E-state index contributed by atoms with van der Waals surface area (Å²) in [5.41, 5.74) is 2.18. The molecule has 0 bridgehead atoms. The molecular weight excluding hydrogens is 392 g/mol. The minimum Gasteiger partial charge on any atom is -0.354 e. The third-order valence-electron chi connectivity index (χ3n) is 5.37. The van der Waals surface area contributed by atoms with Crippen LogP contribution in [-0.2, 0) is 11.3 Å². The molecule has 0 saturated carbocycles. The van der Waals surface area contributed by atoms with Gasteiger partial charge in [0.25, 0.3) is 0 Å². The molecule has 1 fully saturated rings. The van der Waals surface area contributed by atoms with E-state index in [0.29, 0.717) is 6.54 Å². The highest BCUT2D eigenvalue weighted by Gasteiger charge is 2.26. The first-order chi connectivity index (χ1) is 13.4. The van der Waals surface area contributed by atoms with Gasteiger partial charge in [-0.1, -0.05) is 29.8 Å². The molecule has 1 unspecified atom stereocenters. The summed E-state index contributed by atoms with van der Waals surface area (Å²) in [7, 11) is 4.03. The van der Waals surface area contributed by atoms with Gasteiger partial charge in [0, 0.05) is 29.4 Å². The molecule has 2 aromatic rings. The smallest absolute Gasteiger partial charge is 0.223 e. The van der Waals surface area contributed by atoms with Crippen LogP contribution < -0.4 is 5.32 Å². The van der Waals surface area contributed by atoms with Crippen LogP contribution in [0.15, 0.2) is 29.6 Å². The Morgan fingerprint density at radius 1 is 1.36 bits per heavy atom. The lowest BCUT2D eigenvalue weighted by Gasteiger charge is -2.32. The Hall–Kier alpha value is -1.47. The van der Waals surface area contributed by atoms with Crippen molar-refractivity contribution in [1.82, 2.24) is 20.1 Å². The predicted octanol–water partition coefficient (Wildman–Crippen LogP) is 3.74. The number of aryl methyl sites for hydroxylation is 1. The second-order valence-electron chi connectivity index (χ2n) is 7.65. The number of likely N-dealkylation sites (tertiary alicyclic amines) is 1. The van der Waals surface area contributed by atoms with E-state index >= 15 is 0 Å². The fourth-order valence-corrected chi connectivity index (χ4v) is 4.59. The van der Waals surface area contributed by atoms with E-state index in [1.807, 2.05) is 45.3 Å². The monoisotopic (exact) mass is 420 g/mol. The third-order valence-corrected chi connectivity index (χ3v) is 6.53. The van der Waals surface area contributed by atoms with Crippen LogP contribution in [0.2, 0.25) is 5.02 Å². The Bertz CT molecular complexity index is 786. The first-order valence-electron chi connectivity index (χ1n) is 9.76. The molecule has 1 aromatic heterocycles. The number of hydrogen-bond acceptors (Lipinski definition) is 5. The van der Waals surface area contributed by atoms with Gasteiger partial charge in [-0.3, -0.25) is 9.69 Å². The van der Waals surface area contributed by atoms with Crippen molar-refractivity contribution in [2.24, 2.45) is 5.92 Å². The Morgan fingerprint density at radius 3 is 2.68 bits per heavy atom. The molecule has 1 aliphatic heterocycles. The van der Waals surface area contributed by atoms with Gasteiger partial charge in [-0.25, -0.2) is 4.98 Å². The topological polar surface area (TPSA) is 48.5 Å². The van der Waals surface area contributed by atoms with Gasteiger partial charge in [-0.2, -0.15) is 0 Å². The molecule has 0 aliphatic carbocycles. The number of aromatic nitrogens is 1. The normalized spacial score (nSPS) is 17.0. The maximum atomic E-state index is 12.7. The minimum absolute atomic E-state index is 0.0608. The first kappa shape index (κ1) is 21.2. The summed E-state index contributed by atoms with van der Waals surface area (Å²) in [4.78, 5) is 21.8. The number of likely N-dealkylation sites (N-methyl/N-ethyl adjacent to an activating group) is 1. The second-order valence-corrected chi connectivity index (χ2v) is 9.12. The Kier molecular flexibility index (Phi) is 7.46. The maximum Gasteiger partial charge on any atom is 0.223 e. The average molecular weight is 421 g/mol. The minimum atomic E-state index is 0.0608. The van der Waals surface area contributed by atoms with Crippen molar-refractivity contribution in [3.63, 3.8) is 0 Å². The molecule has 1 aromatic carbocycles. The van der Waals surface area contributed by atoms with Gasteiger partial charge in [0.15, 0.2) is 0 Å². The van der Waals surface area contributed by atoms with Gasteiger partial charge in [0.05, 0.1) is 16.7 Å². The average Bonchev–Trinajstić information content (AvgIpc) is 3.08. The van der Waals surface area contributed by atoms with Crippen molar-refractivity contribution in [2.45, 2.75) is 32.4 Å². The van der Waals surface area contributed by atoms with Gasteiger partial charge in [0.1, 0.15) is 0 Å². The van der Waals surface area contributed by atoms with E-state index in [-0.39, 0.29) is 17.9 Å². The number of carbonyl (C=O) groups excluding carboxylic acids is 1. The summed E-state index contributed by atoms with van der Waals surface area (Å²) in [6.07, 6.45) is 1.79. The molecule has 5 nitrogen and oxygen atoms in total. The number of piperidine rings is 1. The molecule has 0 radical (unpaired) electrons. The van der Waals surface area contributed by atoms with Gasteiger partial charge in [-0.15, -0.1) is 11.3 Å². The fourth-order valence-electron chi connectivity index (χ4n) is 3.72. The Labute approximate surface area is 176 Å². The van der Waals surface area contributed by atoms with Crippen LogP contribution in [0.1, 0.15) is 35.1 Å². The number of halogens is 1. The molecule has 7 heteroatoms. The van der Waals surface area contributed by atoms with Crippen molar-refractivity contribution in [3.8, 4) is 0 Å². The largest absolute Gasteiger partial charge is 0.354 e. The van der Waals surface area contributed by atoms with Crippen LogP contribution in [0, 0.1) is 12.8 Å². The van der Waals surface area contributed by atoms with Crippen LogP contribution in [-0.4, -0.2) is 54.4 Å². The molecule has 1 saturated heterocycles. The van der Waals surface area contributed by atoms with Crippen molar-refractivity contribution >= 4 is 28.8 Å². The number of amides is 1. The predicted molar refractivity (Wildman–Crippen MR) is 116 cm³/mol. The summed E-state index contributed by atoms with van der Waals surface area (Å²) in [5.74, 6) is 0.241. The highest BCUT2D eigenvalue weighted by Crippen LogP contribution is 2.26. The van der Waals surface area contributed by atoms with Crippen LogP contribution in [0.5, 0.6) is 0 Å². The lowest BCUT2D eigenvalue weighted by Crippen LogP contribution is -2.42. The molecule has 1 N–H and O–H groups in total. The Balaban J connectivity index is 1.49. The van der Waals surface area contributed by atoms with Crippen molar-refractivity contribution in [1.29, 1.82) is 0 Å². The van der Waals surface area contributed by atoms with E-state index in [0.717, 1.165) is 53.8 Å². The zero-order chi connectivity index (χ0) is 20.1. The zero-order valence-electron chi connectivity index (χ0n) is 16.8. The van der Waals surface area contributed by atoms with E-state index in [1.165, 1.54) is 0 Å². The molecule has 152 valence electrons. The summed E-state index contributed by atoms with van der Waals surface area (Å²) < 4.78 is 0. The van der Waals surface area contributed by atoms with E-state index in [1.54, 1.807) is 11.3 Å². The molecule has 1 atom stereocenters. The molecule has 3 rings (SSSR count). The molecule has 2 heterocycles.